The van der Waals surface area contributed by atoms with Crippen molar-refractivity contribution in [3.05, 3.63) is 33.5 Å². The number of pyridine rings is 1. The van der Waals surface area contributed by atoms with Crippen LogP contribution >= 0.6 is 27.5 Å². The summed E-state index contributed by atoms with van der Waals surface area (Å²) >= 11 is 9.22. The van der Waals surface area contributed by atoms with Gasteiger partial charge in [0.25, 0.3) is 0 Å². The standard InChI is InChI=1S/C13H14BrClN2O/c14-10-7-11(13(15)16-8-10)17-12(18)6-9-4-2-1-3-5-9/h4,7-8H,1-3,5-6H2,(H,17,18). The van der Waals surface area contributed by atoms with Gasteiger partial charge in [0.1, 0.15) is 0 Å². The lowest BCUT2D eigenvalue weighted by Gasteiger charge is -2.13. The van der Waals surface area contributed by atoms with Crippen molar-refractivity contribution in [2.24, 2.45) is 0 Å². The fourth-order valence-electron chi connectivity index (χ4n) is 1.98. The Morgan fingerprint density at radius 1 is 1.50 bits per heavy atom. The zero-order valence-corrected chi connectivity index (χ0v) is 12.2. The highest BCUT2D eigenvalue weighted by Gasteiger charge is 2.11. The number of nitrogens with zero attached hydrogens (tertiary/aromatic N) is 1. The summed E-state index contributed by atoms with van der Waals surface area (Å²) in [5, 5.41) is 3.10. The van der Waals surface area contributed by atoms with Gasteiger partial charge >= 0.3 is 0 Å². The summed E-state index contributed by atoms with van der Waals surface area (Å²) in [5.41, 5.74) is 1.77. The second-order valence-electron chi connectivity index (χ2n) is 4.33. The van der Waals surface area contributed by atoms with Crippen LogP contribution in [0.15, 0.2) is 28.4 Å². The first-order valence-electron chi connectivity index (χ1n) is 5.94. The molecule has 0 aromatic carbocycles. The van der Waals surface area contributed by atoms with Crippen molar-refractivity contribution in [1.29, 1.82) is 0 Å². The van der Waals surface area contributed by atoms with Gasteiger partial charge in [0.2, 0.25) is 5.91 Å². The molecule has 0 unspecified atom stereocenters. The number of amides is 1. The van der Waals surface area contributed by atoms with Gasteiger partial charge in [-0.2, -0.15) is 0 Å². The molecule has 1 aliphatic carbocycles. The second-order valence-corrected chi connectivity index (χ2v) is 5.60. The molecule has 0 fully saturated rings. The van der Waals surface area contributed by atoms with Crippen LogP contribution in [0.3, 0.4) is 0 Å². The van der Waals surface area contributed by atoms with Gasteiger partial charge in [-0.1, -0.05) is 23.3 Å². The molecule has 1 amide bonds. The Balaban J connectivity index is 1.98. The quantitative estimate of drug-likeness (QED) is 0.662. The smallest absolute Gasteiger partial charge is 0.228 e. The molecule has 5 heteroatoms. The first kappa shape index (κ1) is 13.6. The van der Waals surface area contributed by atoms with Gasteiger partial charge in [0.05, 0.1) is 5.69 Å². The van der Waals surface area contributed by atoms with Crippen molar-refractivity contribution >= 4 is 39.1 Å². The minimum atomic E-state index is -0.0371. The summed E-state index contributed by atoms with van der Waals surface area (Å²) in [4.78, 5) is 15.9. The number of hydrogen-bond acceptors (Lipinski definition) is 2. The predicted molar refractivity (Wildman–Crippen MR) is 76.7 cm³/mol. The van der Waals surface area contributed by atoms with E-state index in [-0.39, 0.29) is 5.91 Å². The highest BCUT2D eigenvalue weighted by molar-refractivity contribution is 9.10. The van der Waals surface area contributed by atoms with Crippen molar-refractivity contribution in [3.8, 4) is 0 Å². The fraction of sp³-hybridized carbons (Fsp3) is 0.385. The Labute approximate surface area is 120 Å². The molecular weight excluding hydrogens is 316 g/mol. The van der Waals surface area contributed by atoms with Gasteiger partial charge in [-0.25, -0.2) is 4.98 Å². The summed E-state index contributed by atoms with van der Waals surface area (Å²) in [7, 11) is 0. The van der Waals surface area contributed by atoms with Crippen LogP contribution in [0.4, 0.5) is 5.69 Å². The number of carbonyl (C=O) groups is 1. The minimum absolute atomic E-state index is 0.0371. The molecule has 1 aliphatic rings. The first-order valence-corrected chi connectivity index (χ1v) is 7.11. The molecule has 18 heavy (non-hydrogen) atoms. The summed E-state index contributed by atoms with van der Waals surface area (Å²) in [6, 6.07) is 1.75. The summed E-state index contributed by atoms with van der Waals surface area (Å²) in [6.45, 7) is 0. The van der Waals surface area contributed by atoms with Gasteiger partial charge in [0.15, 0.2) is 5.15 Å². The van der Waals surface area contributed by atoms with Gasteiger partial charge in [-0.05, 0) is 47.7 Å². The highest BCUT2D eigenvalue weighted by Crippen LogP contribution is 2.24. The van der Waals surface area contributed by atoms with Crippen LogP contribution in [0.5, 0.6) is 0 Å². The predicted octanol–water partition coefficient (Wildman–Crippen LogP) is 4.33. The van der Waals surface area contributed by atoms with E-state index in [1.807, 2.05) is 0 Å². The van der Waals surface area contributed by atoms with Crippen LogP contribution in [0.1, 0.15) is 32.1 Å². The van der Waals surface area contributed by atoms with Crippen molar-refractivity contribution in [3.63, 3.8) is 0 Å². The third-order valence-electron chi connectivity index (χ3n) is 2.85. The maximum Gasteiger partial charge on any atom is 0.228 e. The summed E-state index contributed by atoms with van der Waals surface area (Å²) in [6.07, 6.45) is 8.73. The van der Waals surface area contributed by atoms with E-state index in [0.717, 1.165) is 17.3 Å². The molecule has 0 radical (unpaired) electrons. The number of carbonyl (C=O) groups excluding carboxylic acids is 1. The number of halogens is 2. The average molecular weight is 330 g/mol. The number of rotatable bonds is 3. The molecule has 2 rings (SSSR count). The van der Waals surface area contributed by atoms with Gasteiger partial charge in [-0.3, -0.25) is 4.79 Å². The number of hydrogen-bond donors (Lipinski definition) is 1. The van der Waals surface area contributed by atoms with Crippen molar-refractivity contribution in [2.45, 2.75) is 32.1 Å². The molecule has 0 saturated heterocycles. The topological polar surface area (TPSA) is 42.0 Å². The molecule has 1 aromatic rings. The number of anilines is 1. The summed E-state index contributed by atoms with van der Waals surface area (Å²) < 4.78 is 0.791. The SMILES string of the molecule is O=C(CC1=CCCCC1)Nc1cc(Br)cnc1Cl. The zero-order chi connectivity index (χ0) is 13.0. The van der Waals surface area contributed by atoms with Crippen LogP contribution in [0, 0.1) is 0 Å². The zero-order valence-electron chi connectivity index (χ0n) is 9.88. The minimum Gasteiger partial charge on any atom is -0.323 e. The monoisotopic (exact) mass is 328 g/mol. The third-order valence-corrected chi connectivity index (χ3v) is 3.59. The maximum absolute atomic E-state index is 11.9. The fourth-order valence-corrected chi connectivity index (χ4v) is 2.46. The van der Waals surface area contributed by atoms with E-state index >= 15 is 0 Å². The third kappa shape index (κ3) is 3.82. The van der Waals surface area contributed by atoms with E-state index in [9.17, 15) is 4.79 Å². The Morgan fingerprint density at radius 2 is 2.33 bits per heavy atom. The van der Waals surface area contributed by atoms with Crippen LogP contribution in [-0.2, 0) is 4.79 Å². The molecule has 0 saturated carbocycles. The van der Waals surface area contributed by atoms with Crippen molar-refractivity contribution < 1.29 is 4.79 Å². The second kappa shape index (κ2) is 6.34. The largest absolute Gasteiger partial charge is 0.323 e. The first-order chi connectivity index (χ1) is 8.65. The van der Waals surface area contributed by atoms with E-state index in [4.69, 9.17) is 11.6 Å². The lowest BCUT2D eigenvalue weighted by Crippen LogP contribution is -2.13. The van der Waals surface area contributed by atoms with Crippen LogP contribution in [0.25, 0.3) is 0 Å². The molecule has 3 nitrogen and oxygen atoms in total. The average Bonchev–Trinajstić information content (AvgIpc) is 2.35. The molecule has 1 heterocycles. The molecule has 0 spiro atoms. The number of aromatic nitrogens is 1. The molecule has 1 N–H and O–H groups in total. The lowest BCUT2D eigenvalue weighted by atomic mass is 9.97. The molecular formula is C13H14BrClN2O. The maximum atomic E-state index is 11.9. The van der Waals surface area contributed by atoms with E-state index in [2.05, 4.69) is 32.3 Å². The Hall–Kier alpha value is -0.870. The molecule has 0 bridgehead atoms. The van der Waals surface area contributed by atoms with Crippen molar-refractivity contribution in [2.75, 3.05) is 5.32 Å². The summed E-state index contributed by atoms with van der Waals surface area (Å²) in [5.74, 6) is -0.0371. The van der Waals surface area contributed by atoms with E-state index < -0.39 is 0 Å². The van der Waals surface area contributed by atoms with E-state index in [0.29, 0.717) is 17.3 Å². The Kier molecular flexibility index (Phi) is 4.78. The van der Waals surface area contributed by atoms with Gasteiger partial charge in [-0.15, -0.1) is 0 Å². The van der Waals surface area contributed by atoms with Crippen LogP contribution < -0.4 is 5.32 Å². The van der Waals surface area contributed by atoms with Gasteiger partial charge < -0.3 is 5.32 Å². The molecule has 1 aromatic heterocycles. The number of nitrogens with one attached hydrogen (secondary N) is 1. The Morgan fingerprint density at radius 3 is 3.06 bits per heavy atom. The van der Waals surface area contributed by atoms with Crippen LogP contribution in [0.2, 0.25) is 5.15 Å². The molecule has 96 valence electrons. The van der Waals surface area contributed by atoms with Gasteiger partial charge in [0, 0.05) is 17.1 Å². The normalized spacial score (nSPS) is 15.1. The van der Waals surface area contributed by atoms with E-state index in [1.54, 1.807) is 12.3 Å². The Bertz CT molecular complexity index is 488. The highest BCUT2D eigenvalue weighted by atomic mass is 79.9. The van der Waals surface area contributed by atoms with Crippen LogP contribution in [-0.4, -0.2) is 10.9 Å². The van der Waals surface area contributed by atoms with Crippen molar-refractivity contribution in [1.82, 2.24) is 4.98 Å². The van der Waals surface area contributed by atoms with E-state index in [1.165, 1.54) is 18.4 Å². The lowest BCUT2D eigenvalue weighted by molar-refractivity contribution is -0.115. The molecule has 0 aliphatic heterocycles. The number of allylic oxidation sites excluding steroid dienone is 1. The molecule has 0 atom stereocenters.